The van der Waals surface area contributed by atoms with E-state index in [0.717, 1.165) is 12.1 Å². The first kappa shape index (κ1) is 15.5. The minimum absolute atomic E-state index is 0.105. The van der Waals surface area contributed by atoms with Crippen molar-refractivity contribution in [3.8, 4) is 0 Å². The summed E-state index contributed by atoms with van der Waals surface area (Å²) in [6.07, 6.45) is 0.867. The van der Waals surface area contributed by atoms with Crippen LogP contribution in [0.5, 0.6) is 0 Å². The lowest BCUT2D eigenvalue weighted by molar-refractivity contribution is 0.0911. The molecule has 19 heavy (non-hydrogen) atoms. The maximum absolute atomic E-state index is 12.3. The number of nitrogens with zero attached hydrogens (tertiary/aromatic N) is 1. The Morgan fingerprint density at radius 1 is 1.26 bits per heavy atom. The van der Waals surface area contributed by atoms with Crippen molar-refractivity contribution < 1.29 is 4.79 Å². The summed E-state index contributed by atoms with van der Waals surface area (Å²) < 4.78 is 0. The van der Waals surface area contributed by atoms with Gasteiger partial charge < -0.3 is 11.1 Å². The van der Waals surface area contributed by atoms with Crippen molar-refractivity contribution in [2.24, 2.45) is 0 Å². The summed E-state index contributed by atoms with van der Waals surface area (Å²) in [4.78, 5) is 16.6. The summed E-state index contributed by atoms with van der Waals surface area (Å²) in [5.74, 6) is 0.276. The number of carbonyl (C=O) groups is 1. The molecule has 0 spiro atoms. The third kappa shape index (κ3) is 4.23. The van der Waals surface area contributed by atoms with Crippen molar-refractivity contribution in [2.75, 3.05) is 5.73 Å². The summed E-state index contributed by atoms with van der Waals surface area (Å²) in [6.45, 7) is 12.2. The van der Waals surface area contributed by atoms with Crippen LogP contribution < -0.4 is 11.1 Å². The summed E-state index contributed by atoms with van der Waals surface area (Å²) in [5, 5.41) is 3.01. The number of carbonyl (C=O) groups excluding carboxylic acids is 1. The molecule has 0 fully saturated rings. The molecular formula is C15H25N3O. The number of nitrogens with two attached hydrogens (primary N) is 1. The van der Waals surface area contributed by atoms with Gasteiger partial charge in [-0.05, 0) is 32.4 Å². The molecule has 0 atom stereocenters. The Labute approximate surface area is 115 Å². The summed E-state index contributed by atoms with van der Waals surface area (Å²) >= 11 is 0. The monoisotopic (exact) mass is 263 g/mol. The SMILES string of the molecule is CCC(C)(C)NC(=O)c1cc(N)nc(C(C)(C)C)c1. The molecule has 0 aliphatic heterocycles. The molecule has 1 rings (SSSR count). The number of aromatic nitrogens is 1. The van der Waals surface area contributed by atoms with E-state index in [2.05, 4.69) is 10.3 Å². The molecule has 0 radical (unpaired) electrons. The van der Waals surface area contributed by atoms with Gasteiger partial charge in [0.25, 0.3) is 5.91 Å². The number of pyridine rings is 1. The quantitative estimate of drug-likeness (QED) is 0.881. The average Bonchev–Trinajstić information content (AvgIpc) is 2.26. The molecule has 106 valence electrons. The Morgan fingerprint density at radius 3 is 2.32 bits per heavy atom. The van der Waals surface area contributed by atoms with Crippen LogP contribution in [0.25, 0.3) is 0 Å². The number of rotatable bonds is 3. The maximum Gasteiger partial charge on any atom is 0.251 e. The summed E-state index contributed by atoms with van der Waals surface area (Å²) in [7, 11) is 0. The van der Waals surface area contributed by atoms with Gasteiger partial charge in [-0.1, -0.05) is 27.7 Å². The summed E-state index contributed by atoms with van der Waals surface area (Å²) in [5.41, 5.74) is 6.83. The first-order chi connectivity index (χ1) is 8.55. The van der Waals surface area contributed by atoms with E-state index in [-0.39, 0.29) is 16.9 Å². The minimum Gasteiger partial charge on any atom is -0.384 e. The molecule has 0 aliphatic carbocycles. The number of amides is 1. The Hall–Kier alpha value is -1.58. The lowest BCUT2D eigenvalue weighted by Gasteiger charge is -2.25. The second-order valence-corrected chi connectivity index (χ2v) is 6.61. The van der Waals surface area contributed by atoms with Crippen LogP contribution in [-0.2, 0) is 5.41 Å². The predicted molar refractivity (Wildman–Crippen MR) is 79.2 cm³/mol. The molecule has 0 aliphatic rings. The first-order valence-electron chi connectivity index (χ1n) is 6.66. The van der Waals surface area contributed by atoms with Gasteiger partial charge in [-0.25, -0.2) is 4.98 Å². The second kappa shape index (κ2) is 5.19. The third-order valence-corrected chi connectivity index (χ3v) is 3.21. The first-order valence-corrected chi connectivity index (χ1v) is 6.66. The zero-order valence-corrected chi connectivity index (χ0v) is 12.8. The van der Waals surface area contributed by atoms with Crippen LogP contribution in [0.4, 0.5) is 5.82 Å². The van der Waals surface area contributed by atoms with Gasteiger partial charge in [-0.2, -0.15) is 0 Å². The fraction of sp³-hybridized carbons (Fsp3) is 0.600. The lowest BCUT2D eigenvalue weighted by Crippen LogP contribution is -2.42. The van der Waals surface area contributed by atoms with Crippen molar-refractivity contribution >= 4 is 11.7 Å². The largest absolute Gasteiger partial charge is 0.384 e. The molecule has 0 saturated carbocycles. The van der Waals surface area contributed by atoms with Gasteiger partial charge in [-0.3, -0.25) is 4.79 Å². The molecule has 1 aromatic heterocycles. The van der Waals surface area contributed by atoms with Crippen LogP contribution in [0, 0.1) is 0 Å². The molecule has 0 bridgehead atoms. The number of anilines is 1. The highest BCUT2D eigenvalue weighted by atomic mass is 16.1. The van der Waals surface area contributed by atoms with E-state index >= 15 is 0 Å². The number of hydrogen-bond acceptors (Lipinski definition) is 3. The molecule has 4 heteroatoms. The van der Waals surface area contributed by atoms with Gasteiger partial charge in [-0.15, -0.1) is 0 Å². The number of nitrogens with one attached hydrogen (secondary N) is 1. The van der Waals surface area contributed by atoms with E-state index < -0.39 is 0 Å². The van der Waals surface area contributed by atoms with E-state index in [9.17, 15) is 4.79 Å². The molecule has 3 N–H and O–H groups in total. The van der Waals surface area contributed by atoms with Crippen LogP contribution in [0.2, 0.25) is 0 Å². The molecule has 0 aromatic carbocycles. The van der Waals surface area contributed by atoms with Gasteiger partial charge >= 0.3 is 0 Å². The molecular weight excluding hydrogens is 238 g/mol. The van der Waals surface area contributed by atoms with Gasteiger partial charge in [0, 0.05) is 22.2 Å². The van der Waals surface area contributed by atoms with E-state index in [1.165, 1.54) is 0 Å². The highest BCUT2D eigenvalue weighted by Gasteiger charge is 2.22. The maximum atomic E-state index is 12.3. The van der Waals surface area contributed by atoms with Gasteiger partial charge in [0.1, 0.15) is 5.82 Å². The summed E-state index contributed by atoms with van der Waals surface area (Å²) in [6, 6.07) is 3.44. The van der Waals surface area contributed by atoms with Crippen LogP contribution in [0.15, 0.2) is 12.1 Å². The van der Waals surface area contributed by atoms with Crippen LogP contribution in [0.3, 0.4) is 0 Å². The van der Waals surface area contributed by atoms with Crippen molar-refractivity contribution in [3.05, 3.63) is 23.4 Å². The smallest absolute Gasteiger partial charge is 0.251 e. The van der Waals surface area contributed by atoms with E-state index in [4.69, 9.17) is 5.73 Å². The second-order valence-electron chi connectivity index (χ2n) is 6.61. The van der Waals surface area contributed by atoms with Gasteiger partial charge in [0.15, 0.2) is 0 Å². The average molecular weight is 263 g/mol. The zero-order valence-electron chi connectivity index (χ0n) is 12.8. The fourth-order valence-electron chi connectivity index (χ4n) is 1.54. The molecule has 0 saturated heterocycles. The Kier molecular flexibility index (Phi) is 4.23. The van der Waals surface area contributed by atoms with Crippen molar-refractivity contribution in [1.82, 2.24) is 10.3 Å². The standard InChI is InChI=1S/C15H25N3O/c1-7-15(5,6)18-13(19)10-8-11(14(2,3)4)17-12(16)9-10/h8-9H,7H2,1-6H3,(H2,16,17)(H,18,19). The molecule has 1 amide bonds. The van der Waals surface area contributed by atoms with E-state index in [1.807, 2.05) is 47.6 Å². The molecule has 0 unspecified atom stereocenters. The van der Waals surface area contributed by atoms with E-state index in [0.29, 0.717) is 11.4 Å². The van der Waals surface area contributed by atoms with Crippen LogP contribution in [0.1, 0.15) is 64.0 Å². The lowest BCUT2D eigenvalue weighted by atomic mass is 9.90. The highest BCUT2D eigenvalue weighted by Crippen LogP contribution is 2.22. The van der Waals surface area contributed by atoms with Gasteiger partial charge in [0.05, 0.1) is 0 Å². The van der Waals surface area contributed by atoms with Crippen LogP contribution >= 0.6 is 0 Å². The normalized spacial score (nSPS) is 12.3. The van der Waals surface area contributed by atoms with Crippen LogP contribution in [-0.4, -0.2) is 16.4 Å². The number of nitrogen functional groups attached to an aromatic ring is 1. The topological polar surface area (TPSA) is 68.0 Å². The van der Waals surface area contributed by atoms with Gasteiger partial charge in [0.2, 0.25) is 0 Å². The fourth-order valence-corrected chi connectivity index (χ4v) is 1.54. The Balaban J connectivity index is 3.08. The van der Waals surface area contributed by atoms with Crippen molar-refractivity contribution in [3.63, 3.8) is 0 Å². The molecule has 1 heterocycles. The Bertz CT molecular complexity index is 473. The molecule has 4 nitrogen and oxygen atoms in total. The number of hydrogen-bond donors (Lipinski definition) is 2. The third-order valence-electron chi connectivity index (χ3n) is 3.21. The predicted octanol–water partition coefficient (Wildman–Crippen LogP) is 2.88. The zero-order chi connectivity index (χ0) is 14.8. The van der Waals surface area contributed by atoms with E-state index in [1.54, 1.807) is 6.07 Å². The highest BCUT2D eigenvalue weighted by molar-refractivity contribution is 5.95. The van der Waals surface area contributed by atoms with Crippen molar-refractivity contribution in [1.29, 1.82) is 0 Å². The molecule has 1 aromatic rings. The minimum atomic E-state index is -0.225. The Morgan fingerprint density at radius 2 is 1.84 bits per heavy atom. The van der Waals surface area contributed by atoms with Crippen molar-refractivity contribution in [2.45, 2.75) is 58.9 Å².